The van der Waals surface area contributed by atoms with Crippen molar-refractivity contribution in [3.8, 4) is 22.6 Å². The maximum Gasteiger partial charge on any atom is 0.238 e. The number of halogens is 1. The van der Waals surface area contributed by atoms with Crippen molar-refractivity contribution in [1.82, 2.24) is 4.98 Å². The molecular weight excluding hydrogens is 403 g/mol. The van der Waals surface area contributed by atoms with E-state index in [4.69, 9.17) is 9.56 Å². The lowest BCUT2D eigenvalue weighted by Gasteiger charge is -2.07. The van der Waals surface area contributed by atoms with Gasteiger partial charge in [0, 0.05) is 17.5 Å². The van der Waals surface area contributed by atoms with Crippen LogP contribution in [0.3, 0.4) is 0 Å². The Morgan fingerprint density at radius 2 is 1.70 bits per heavy atom. The Balaban J connectivity index is 1.92. The monoisotopic (exact) mass is 422 g/mol. The minimum Gasteiger partial charge on any atom is -0.440 e. The molecule has 5 nitrogen and oxygen atoms in total. The van der Waals surface area contributed by atoms with Crippen molar-refractivity contribution in [1.29, 1.82) is 0 Å². The van der Waals surface area contributed by atoms with Crippen LogP contribution in [0.5, 0.6) is 0 Å². The predicted molar refractivity (Wildman–Crippen MR) is 113 cm³/mol. The highest BCUT2D eigenvalue weighted by molar-refractivity contribution is 7.89. The van der Waals surface area contributed by atoms with Crippen LogP contribution in [-0.2, 0) is 16.4 Å². The summed E-state index contributed by atoms with van der Waals surface area (Å²) in [5.41, 5.74) is 2.71. The molecule has 7 heteroatoms. The Hall–Kier alpha value is -3.29. The zero-order valence-corrected chi connectivity index (χ0v) is 17.0. The number of aryl methyl sites for hydroxylation is 1. The second-order valence-corrected chi connectivity index (χ2v) is 8.48. The lowest BCUT2D eigenvalue weighted by atomic mass is 10.0. The molecule has 0 aliphatic heterocycles. The van der Waals surface area contributed by atoms with Crippen LogP contribution < -0.4 is 5.14 Å². The van der Waals surface area contributed by atoms with Crippen molar-refractivity contribution in [2.75, 3.05) is 0 Å². The van der Waals surface area contributed by atoms with Crippen LogP contribution in [0, 0.1) is 12.7 Å². The smallest absolute Gasteiger partial charge is 0.238 e. The highest BCUT2D eigenvalue weighted by Gasteiger charge is 2.23. The molecule has 0 saturated heterocycles. The van der Waals surface area contributed by atoms with E-state index in [0.29, 0.717) is 40.5 Å². The predicted octanol–water partition coefficient (Wildman–Crippen LogP) is 4.69. The van der Waals surface area contributed by atoms with Gasteiger partial charge < -0.3 is 4.42 Å². The molecule has 0 spiro atoms. The average molecular weight is 422 g/mol. The summed E-state index contributed by atoms with van der Waals surface area (Å²) in [6.07, 6.45) is 0.422. The molecule has 0 radical (unpaired) electrons. The van der Waals surface area contributed by atoms with Crippen molar-refractivity contribution in [3.05, 3.63) is 95.6 Å². The van der Waals surface area contributed by atoms with Crippen LogP contribution in [0.4, 0.5) is 4.39 Å². The first kappa shape index (κ1) is 20.0. The molecule has 0 aliphatic carbocycles. The topological polar surface area (TPSA) is 86.2 Å². The van der Waals surface area contributed by atoms with E-state index < -0.39 is 10.0 Å². The minimum absolute atomic E-state index is 0.0513. The number of oxazole rings is 1. The summed E-state index contributed by atoms with van der Waals surface area (Å²) in [6, 6.07) is 20.6. The van der Waals surface area contributed by atoms with E-state index in [1.165, 1.54) is 12.1 Å². The first-order valence-corrected chi connectivity index (χ1v) is 10.8. The third-order valence-corrected chi connectivity index (χ3v) is 5.71. The van der Waals surface area contributed by atoms with Crippen LogP contribution in [0.2, 0.25) is 0 Å². The molecule has 0 unspecified atom stereocenters. The molecule has 2 N–H and O–H groups in total. The highest BCUT2D eigenvalue weighted by Crippen LogP contribution is 2.36. The zero-order chi connectivity index (χ0) is 21.3. The van der Waals surface area contributed by atoms with Gasteiger partial charge in [-0.1, -0.05) is 48.5 Å². The Labute approximate surface area is 174 Å². The number of hydrogen-bond donors (Lipinski definition) is 1. The summed E-state index contributed by atoms with van der Waals surface area (Å²) in [7, 11) is -3.99. The van der Waals surface area contributed by atoms with Gasteiger partial charge >= 0.3 is 0 Å². The number of nitrogens with two attached hydrogens (primary N) is 1. The van der Waals surface area contributed by atoms with E-state index in [0.717, 1.165) is 5.56 Å². The summed E-state index contributed by atoms with van der Waals surface area (Å²) in [6.45, 7) is 1.65. The van der Waals surface area contributed by atoms with Crippen molar-refractivity contribution in [2.24, 2.45) is 5.14 Å². The van der Waals surface area contributed by atoms with Crippen LogP contribution in [0.15, 0.2) is 82.1 Å². The fourth-order valence-corrected chi connectivity index (χ4v) is 4.02. The molecule has 0 fully saturated rings. The fraction of sp³-hybridized carbons (Fsp3) is 0.0870. The summed E-state index contributed by atoms with van der Waals surface area (Å²) >= 11 is 0. The Bertz CT molecular complexity index is 1320. The number of hydrogen-bond acceptors (Lipinski definition) is 4. The van der Waals surface area contributed by atoms with Crippen molar-refractivity contribution in [2.45, 2.75) is 18.2 Å². The van der Waals surface area contributed by atoms with Gasteiger partial charge in [0.15, 0.2) is 11.7 Å². The standard InChI is InChI=1S/C23H19FN2O3S/c1-15-13-17(11-12-19(15)24)23-22(18-9-5-6-10-20(18)30(25,27)28)26-21(29-23)14-16-7-3-2-4-8-16/h2-13H,14H2,1H3,(H2,25,27,28). The maximum absolute atomic E-state index is 13.8. The molecule has 0 amide bonds. The molecule has 1 aromatic heterocycles. The second kappa shape index (κ2) is 7.85. The van der Waals surface area contributed by atoms with Gasteiger partial charge in [-0.25, -0.2) is 22.9 Å². The Morgan fingerprint density at radius 1 is 1.00 bits per heavy atom. The third kappa shape index (κ3) is 4.03. The number of rotatable bonds is 5. The first-order valence-electron chi connectivity index (χ1n) is 9.25. The summed E-state index contributed by atoms with van der Waals surface area (Å²) in [5.74, 6) is 0.437. The fourth-order valence-electron chi connectivity index (χ4n) is 3.29. The number of nitrogens with zero attached hydrogens (tertiary/aromatic N) is 1. The Morgan fingerprint density at radius 3 is 2.40 bits per heavy atom. The van der Waals surface area contributed by atoms with Crippen LogP contribution >= 0.6 is 0 Å². The molecule has 4 aromatic rings. The van der Waals surface area contributed by atoms with E-state index in [2.05, 4.69) is 4.98 Å². The van der Waals surface area contributed by atoms with Crippen LogP contribution in [0.25, 0.3) is 22.6 Å². The Kier molecular flexibility index (Phi) is 5.24. The molecule has 152 valence electrons. The largest absolute Gasteiger partial charge is 0.440 e. The zero-order valence-electron chi connectivity index (χ0n) is 16.2. The van der Waals surface area contributed by atoms with E-state index in [1.54, 1.807) is 37.3 Å². The average Bonchev–Trinajstić information content (AvgIpc) is 3.14. The van der Waals surface area contributed by atoms with E-state index in [-0.39, 0.29) is 10.7 Å². The number of benzene rings is 3. The van der Waals surface area contributed by atoms with Gasteiger partial charge in [-0.3, -0.25) is 0 Å². The molecule has 1 heterocycles. The summed E-state index contributed by atoms with van der Waals surface area (Å²) in [4.78, 5) is 4.55. The minimum atomic E-state index is -3.99. The van der Waals surface area contributed by atoms with E-state index >= 15 is 0 Å². The van der Waals surface area contributed by atoms with Crippen molar-refractivity contribution in [3.63, 3.8) is 0 Å². The SMILES string of the molecule is Cc1cc(-c2oc(Cc3ccccc3)nc2-c2ccccc2S(N)(=O)=O)ccc1F. The maximum atomic E-state index is 13.8. The number of primary sulfonamides is 1. The molecule has 30 heavy (non-hydrogen) atoms. The van der Waals surface area contributed by atoms with Gasteiger partial charge in [0.2, 0.25) is 10.0 Å². The molecule has 0 saturated carbocycles. The highest BCUT2D eigenvalue weighted by atomic mass is 32.2. The van der Waals surface area contributed by atoms with Gasteiger partial charge in [0.25, 0.3) is 0 Å². The van der Waals surface area contributed by atoms with E-state index in [1.807, 2.05) is 30.3 Å². The molecule has 0 bridgehead atoms. The summed E-state index contributed by atoms with van der Waals surface area (Å²) in [5, 5.41) is 5.42. The summed E-state index contributed by atoms with van der Waals surface area (Å²) < 4.78 is 44.1. The number of sulfonamides is 1. The van der Waals surface area contributed by atoms with Crippen molar-refractivity contribution < 1.29 is 17.2 Å². The van der Waals surface area contributed by atoms with Gasteiger partial charge in [-0.15, -0.1) is 0 Å². The van der Waals surface area contributed by atoms with Gasteiger partial charge in [-0.2, -0.15) is 0 Å². The number of aromatic nitrogens is 1. The molecule has 0 atom stereocenters. The lowest BCUT2D eigenvalue weighted by molar-refractivity contribution is 0.519. The van der Waals surface area contributed by atoms with Gasteiger partial charge in [0.1, 0.15) is 11.5 Å². The molecule has 3 aromatic carbocycles. The van der Waals surface area contributed by atoms with Crippen molar-refractivity contribution >= 4 is 10.0 Å². The van der Waals surface area contributed by atoms with Crippen LogP contribution in [-0.4, -0.2) is 13.4 Å². The molecule has 0 aliphatic rings. The van der Waals surface area contributed by atoms with Gasteiger partial charge in [0.05, 0.1) is 4.90 Å². The molecular formula is C23H19FN2O3S. The van der Waals surface area contributed by atoms with E-state index in [9.17, 15) is 12.8 Å². The lowest BCUT2D eigenvalue weighted by Crippen LogP contribution is -2.13. The normalized spacial score (nSPS) is 11.6. The molecule has 4 rings (SSSR count). The second-order valence-electron chi connectivity index (χ2n) is 6.95. The third-order valence-electron chi connectivity index (χ3n) is 4.74. The first-order chi connectivity index (χ1) is 14.3. The van der Waals surface area contributed by atoms with Crippen LogP contribution in [0.1, 0.15) is 17.0 Å². The van der Waals surface area contributed by atoms with Gasteiger partial charge in [-0.05, 0) is 42.3 Å². The quantitative estimate of drug-likeness (QED) is 0.505.